The van der Waals surface area contributed by atoms with Crippen LogP contribution in [0.1, 0.15) is 57.4 Å². The van der Waals surface area contributed by atoms with Crippen LogP contribution in [-0.2, 0) is 14.9 Å². The molecule has 5 heteroatoms. The normalized spacial score (nSPS) is 42.2. The SMILES string of the molecule is COc1cccc2c1N(C(C)=O)C13CCCC4(CC1)C(OC)CCN1CCC23C14. The molecule has 7 rings (SSSR count). The maximum atomic E-state index is 13.2. The number of carbonyl (C=O) groups is 1. The second-order valence-corrected chi connectivity index (χ2v) is 10.0. The average molecular weight is 397 g/mol. The summed E-state index contributed by atoms with van der Waals surface area (Å²) in [6.07, 6.45) is 8.33. The zero-order valence-electron chi connectivity index (χ0n) is 17.9. The number of amides is 1. The first kappa shape index (κ1) is 18.2. The third-order valence-corrected chi connectivity index (χ3v) is 9.51. The van der Waals surface area contributed by atoms with Gasteiger partial charge in [-0.15, -0.1) is 0 Å². The fourth-order valence-electron chi connectivity index (χ4n) is 8.93. The molecule has 156 valence electrons. The molecule has 29 heavy (non-hydrogen) atoms. The summed E-state index contributed by atoms with van der Waals surface area (Å²) in [7, 11) is 3.65. The van der Waals surface area contributed by atoms with Crippen LogP contribution in [0, 0.1) is 5.41 Å². The molecule has 2 saturated heterocycles. The molecule has 3 spiro atoms. The molecule has 5 fully saturated rings. The number of benzene rings is 1. The highest BCUT2D eigenvalue weighted by atomic mass is 16.5. The van der Waals surface area contributed by atoms with Gasteiger partial charge in [0.15, 0.2) is 0 Å². The molecule has 1 amide bonds. The van der Waals surface area contributed by atoms with Gasteiger partial charge in [-0.25, -0.2) is 0 Å². The first-order valence-corrected chi connectivity index (χ1v) is 11.3. The Hall–Kier alpha value is -1.59. The van der Waals surface area contributed by atoms with Crippen molar-refractivity contribution in [3.63, 3.8) is 0 Å². The quantitative estimate of drug-likeness (QED) is 0.767. The monoisotopic (exact) mass is 396 g/mol. The van der Waals surface area contributed by atoms with Crippen molar-refractivity contribution >= 4 is 11.6 Å². The molecule has 5 nitrogen and oxygen atoms in total. The summed E-state index contributed by atoms with van der Waals surface area (Å²) in [6, 6.07) is 6.92. The third kappa shape index (κ3) is 1.80. The topological polar surface area (TPSA) is 42.0 Å². The predicted octanol–water partition coefficient (Wildman–Crippen LogP) is 3.50. The van der Waals surface area contributed by atoms with Crippen LogP contribution in [0.4, 0.5) is 5.69 Å². The van der Waals surface area contributed by atoms with E-state index in [1.54, 1.807) is 14.0 Å². The van der Waals surface area contributed by atoms with Crippen LogP contribution in [0.3, 0.4) is 0 Å². The van der Waals surface area contributed by atoms with E-state index in [0.717, 1.165) is 56.6 Å². The molecule has 1 aromatic carbocycles. The second-order valence-electron chi connectivity index (χ2n) is 10.0. The smallest absolute Gasteiger partial charge is 0.224 e. The largest absolute Gasteiger partial charge is 0.495 e. The lowest BCUT2D eigenvalue weighted by atomic mass is 9.48. The molecule has 5 atom stereocenters. The molecule has 1 aromatic rings. The van der Waals surface area contributed by atoms with Crippen molar-refractivity contribution in [3.05, 3.63) is 23.8 Å². The molecule has 6 aliphatic rings. The molecule has 3 aliphatic carbocycles. The van der Waals surface area contributed by atoms with Crippen molar-refractivity contribution in [1.29, 1.82) is 0 Å². The summed E-state index contributed by atoms with van der Waals surface area (Å²) in [5.74, 6) is 1.02. The molecule has 0 radical (unpaired) electrons. The van der Waals surface area contributed by atoms with E-state index in [2.05, 4.69) is 21.9 Å². The Labute approximate surface area is 173 Å². The minimum atomic E-state index is -0.120. The van der Waals surface area contributed by atoms with Crippen LogP contribution >= 0.6 is 0 Å². The number of anilines is 1. The van der Waals surface area contributed by atoms with Crippen molar-refractivity contribution in [2.24, 2.45) is 5.41 Å². The maximum absolute atomic E-state index is 13.2. The number of ether oxygens (including phenoxy) is 2. The highest BCUT2D eigenvalue weighted by Crippen LogP contribution is 2.73. The van der Waals surface area contributed by atoms with Gasteiger partial charge in [0, 0.05) is 37.5 Å². The van der Waals surface area contributed by atoms with Gasteiger partial charge in [0.2, 0.25) is 5.91 Å². The van der Waals surface area contributed by atoms with Gasteiger partial charge in [-0.05, 0) is 56.7 Å². The van der Waals surface area contributed by atoms with Crippen LogP contribution in [0.5, 0.6) is 5.75 Å². The predicted molar refractivity (Wildman–Crippen MR) is 111 cm³/mol. The molecular formula is C24H32N2O3. The Bertz CT molecular complexity index is 887. The van der Waals surface area contributed by atoms with Gasteiger partial charge in [-0.1, -0.05) is 18.6 Å². The average Bonchev–Trinajstić information content (AvgIpc) is 3.13. The van der Waals surface area contributed by atoms with Crippen molar-refractivity contribution in [2.75, 3.05) is 32.2 Å². The Morgan fingerprint density at radius 2 is 1.97 bits per heavy atom. The van der Waals surface area contributed by atoms with Crippen LogP contribution in [-0.4, -0.2) is 55.8 Å². The summed E-state index contributed by atoms with van der Waals surface area (Å²) in [4.78, 5) is 18.2. The van der Waals surface area contributed by atoms with E-state index >= 15 is 0 Å². The number of hydrogen-bond acceptors (Lipinski definition) is 4. The second kappa shape index (κ2) is 5.76. The number of para-hydroxylation sites is 1. The van der Waals surface area contributed by atoms with Gasteiger partial charge in [-0.2, -0.15) is 0 Å². The van der Waals surface area contributed by atoms with Crippen molar-refractivity contribution in [2.45, 2.75) is 75.0 Å². The molecule has 3 aliphatic heterocycles. The van der Waals surface area contributed by atoms with Crippen molar-refractivity contribution < 1.29 is 14.3 Å². The summed E-state index contributed by atoms with van der Waals surface area (Å²) in [5.41, 5.74) is 2.50. The molecular weight excluding hydrogens is 364 g/mol. The minimum absolute atomic E-state index is 0.00546. The highest BCUT2D eigenvalue weighted by molar-refractivity contribution is 5.99. The number of rotatable bonds is 2. The summed E-state index contributed by atoms with van der Waals surface area (Å²) >= 11 is 0. The zero-order chi connectivity index (χ0) is 20.0. The lowest BCUT2D eigenvalue weighted by Crippen LogP contribution is -2.72. The Balaban J connectivity index is 1.68. The summed E-state index contributed by atoms with van der Waals surface area (Å²) in [6.45, 7) is 4.00. The van der Waals surface area contributed by atoms with Crippen molar-refractivity contribution in [3.8, 4) is 5.75 Å². The first-order valence-electron chi connectivity index (χ1n) is 11.3. The van der Waals surface area contributed by atoms with Crippen LogP contribution in [0.2, 0.25) is 0 Å². The zero-order valence-corrected chi connectivity index (χ0v) is 17.9. The van der Waals surface area contributed by atoms with E-state index in [1.807, 2.05) is 13.2 Å². The van der Waals surface area contributed by atoms with Gasteiger partial charge in [0.25, 0.3) is 0 Å². The Kier molecular flexibility index (Phi) is 3.62. The van der Waals surface area contributed by atoms with E-state index in [4.69, 9.17) is 9.47 Å². The van der Waals surface area contributed by atoms with Crippen LogP contribution in [0.25, 0.3) is 0 Å². The number of fused-ring (bicyclic) bond motifs is 4. The summed E-state index contributed by atoms with van der Waals surface area (Å²) in [5, 5.41) is 0. The van der Waals surface area contributed by atoms with E-state index in [0.29, 0.717) is 12.1 Å². The summed E-state index contributed by atoms with van der Waals surface area (Å²) < 4.78 is 12.0. The Morgan fingerprint density at radius 3 is 2.72 bits per heavy atom. The van der Waals surface area contributed by atoms with Crippen molar-refractivity contribution in [1.82, 2.24) is 4.90 Å². The van der Waals surface area contributed by atoms with E-state index in [9.17, 15) is 4.79 Å². The van der Waals surface area contributed by atoms with Gasteiger partial charge in [0.1, 0.15) is 5.75 Å². The number of carbonyl (C=O) groups excluding carboxylic acids is 1. The molecule has 0 aromatic heterocycles. The lowest BCUT2D eigenvalue weighted by Gasteiger charge is -2.63. The number of hydrogen-bond donors (Lipinski definition) is 0. The van der Waals surface area contributed by atoms with Crippen LogP contribution < -0.4 is 9.64 Å². The van der Waals surface area contributed by atoms with Gasteiger partial charge >= 0.3 is 0 Å². The van der Waals surface area contributed by atoms with E-state index in [-0.39, 0.29) is 22.3 Å². The number of nitrogens with zero attached hydrogens (tertiary/aromatic N) is 2. The highest BCUT2D eigenvalue weighted by Gasteiger charge is 2.77. The van der Waals surface area contributed by atoms with Gasteiger partial charge < -0.3 is 14.4 Å². The first-order chi connectivity index (χ1) is 14.1. The Morgan fingerprint density at radius 1 is 1.10 bits per heavy atom. The molecule has 3 heterocycles. The molecule has 5 unspecified atom stereocenters. The molecule has 3 saturated carbocycles. The number of piperidine rings is 1. The third-order valence-electron chi connectivity index (χ3n) is 9.51. The van der Waals surface area contributed by atoms with E-state index in [1.165, 1.54) is 18.4 Å². The lowest BCUT2D eigenvalue weighted by molar-refractivity contribution is -0.139. The number of methoxy groups -OCH3 is 2. The van der Waals surface area contributed by atoms with E-state index < -0.39 is 0 Å². The van der Waals surface area contributed by atoms with Crippen LogP contribution in [0.15, 0.2) is 18.2 Å². The maximum Gasteiger partial charge on any atom is 0.224 e. The molecule has 0 N–H and O–H groups in total. The standard InChI is InChI=1S/C24H32N2O3/c1-16(27)26-20-17(6-4-7-18(20)28-2)24-13-15-25-14-8-19(29-3)22(21(24)25)9-5-10-23(24,26)12-11-22/h4,6-7,19,21H,5,8-15H2,1-3H3. The fraction of sp³-hybridized carbons (Fsp3) is 0.708. The minimum Gasteiger partial charge on any atom is -0.495 e. The fourth-order valence-corrected chi connectivity index (χ4v) is 8.93. The van der Waals surface area contributed by atoms with Gasteiger partial charge in [-0.3, -0.25) is 9.69 Å². The molecule has 2 bridgehead atoms. The van der Waals surface area contributed by atoms with Gasteiger partial charge in [0.05, 0.1) is 24.4 Å².